The quantitative estimate of drug-likeness (QED) is 0.758. The molecule has 0 saturated heterocycles. The molecule has 0 aliphatic carbocycles. The number of rotatable bonds is 5. The number of amides is 1. The molecule has 0 aliphatic heterocycles. The molecule has 0 spiro atoms. The molecule has 0 bridgehead atoms. The Bertz CT molecular complexity index is 821. The van der Waals surface area contributed by atoms with E-state index in [9.17, 15) is 4.79 Å². The van der Waals surface area contributed by atoms with Crippen LogP contribution < -0.4 is 5.32 Å². The number of H-pyrrole nitrogens is 1. The summed E-state index contributed by atoms with van der Waals surface area (Å²) in [7, 11) is 0. The van der Waals surface area contributed by atoms with Crippen molar-refractivity contribution in [1.82, 2.24) is 25.1 Å². The van der Waals surface area contributed by atoms with Gasteiger partial charge in [-0.15, -0.1) is 0 Å². The van der Waals surface area contributed by atoms with Gasteiger partial charge in [-0.05, 0) is 32.4 Å². The Morgan fingerprint density at radius 1 is 1.29 bits per heavy atom. The minimum absolute atomic E-state index is 0.106. The van der Waals surface area contributed by atoms with Gasteiger partial charge in [0.15, 0.2) is 0 Å². The van der Waals surface area contributed by atoms with E-state index in [2.05, 4.69) is 44.1 Å². The summed E-state index contributed by atoms with van der Waals surface area (Å²) in [6.07, 6.45) is 1.43. The number of aromatic nitrogens is 4. The Labute approximate surface area is 140 Å². The third-order valence-electron chi connectivity index (χ3n) is 4.28. The van der Waals surface area contributed by atoms with Gasteiger partial charge in [-0.2, -0.15) is 5.10 Å². The minimum atomic E-state index is -0.106. The first kappa shape index (κ1) is 16.0. The molecule has 3 rings (SSSR count). The molecule has 2 N–H and O–H groups in total. The lowest BCUT2D eigenvalue weighted by Crippen LogP contribution is -2.24. The van der Waals surface area contributed by atoms with Crippen LogP contribution in [0.2, 0.25) is 0 Å². The number of aromatic amines is 1. The van der Waals surface area contributed by atoms with E-state index in [1.807, 2.05) is 38.1 Å². The molecule has 2 heterocycles. The highest BCUT2D eigenvalue weighted by molar-refractivity contribution is 5.95. The summed E-state index contributed by atoms with van der Waals surface area (Å²) >= 11 is 0. The fourth-order valence-electron chi connectivity index (χ4n) is 3.06. The SMILES string of the molecule is Cc1cc(C(=O)NCc2ncn[nH]2)c(C)n1C(C)c1ccccc1. The van der Waals surface area contributed by atoms with Crippen LogP contribution in [0.4, 0.5) is 0 Å². The number of hydrogen-bond donors (Lipinski definition) is 2. The summed E-state index contributed by atoms with van der Waals surface area (Å²) in [5.74, 6) is 0.529. The van der Waals surface area contributed by atoms with Crippen LogP contribution >= 0.6 is 0 Å². The van der Waals surface area contributed by atoms with Crippen LogP contribution in [0.25, 0.3) is 0 Å². The van der Waals surface area contributed by atoms with Gasteiger partial charge in [0, 0.05) is 11.4 Å². The molecular weight excluding hydrogens is 302 g/mol. The predicted octanol–water partition coefficient (Wildman–Crippen LogP) is 2.76. The molecule has 0 fully saturated rings. The lowest BCUT2D eigenvalue weighted by molar-refractivity contribution is 0.0949. The van der Waals surface area contributed by atoms with Crippen LogP contribution in [0.3, 0.4) is 0 Å². The molecular formula is C18H21N5O. The molecule has 0 saturated carbocycles. The summed E-state index contributed by atoms with van der Waals surface area (Å²) in [6.45, 7) is 6.48. The van der Waals surface area contributed by atoms with Crippen molar-refractivity contribution in [3.63, 3.8) is 0 Å². The molecule has 0 radical (unpaired) electrons. The minimum Gasteiger partial charge on any atom is -0.345 e. The van der Waals surface area contributed by atoms with Crippen LogP contribution in [0.5, 0.6) is 0 Å². The van der Waals surface area contributed by atoms with Gasteiger partial charge in [0.05, 0.1) is 18.2 Å². The zero-order valence-electron chi connectivity index (χ0n) is 14.1. The van der Waals surface area contributed by atoms with E-state index in [1.165, 1.54) is 11.9 Å². The van der Waals surface area contributed by atoms with Crippen LogP contribution in [-0.2, 0) is 6.54 Å². The van der Waals surface area contributed by atoms with Crippen molar-refractivity contribution in [3.8, 4) is 0 Å². The summed E-state index contributed by atoms with van der Waals surface area (Å²) in [6, 6.07) is 12.4. The van der Waals surface area contributed by atoms with Crippen molar-refractivity contribution in [1.29, 1.82) is 0 Å². The molecule has 1 unspecified atom stereocenters. The lowest BCUT2D eigenvalue weighted by atomic mass is 10.1. The van der Waals surface area contributed by atoms with Gasteiger partial charge in [0.1, 0.15) is 12.2 Å². The first-order valence-electron chi connectivity index (χ1n) is 7.93. The molecule has 0 aliphatic rings. The number of benzene rings is 1. The van der Waals surface area contributed by atoms with Gasteiger partial charge in [0.25, 0.3) is 5.91 Å². The molecule has 1 amide bonds. The Morgan fingerprint density at radius 2 is 2.04 bits per heavy atom. The summed E-state index contributed by atoms with van der Waals surface area (Å²) < 4.78 is 2.19. The fourth-order valence-corrected chi connectivity index (χ4v) is 3.06. The standard InChI is InChI=1S/C18H21N5O/c1-12-9-16(18(24)19-10-17-20-11-21-22-17)14(3)23(12)13(2)15-7-5-4-6-8-15/h4-9,11,13H,10H2,1-3H3,(H,19,24)(H,20,21,22). The highest BCUT2D eigenvalue weighted by Crippen LogP contribution is 2.25. The third-order valence-corrected chi connectivity index (χ3v) is 4.28. The third kappa shape index (κ3) is 3.08. The first-order chi connectivity index (χ1) is 11.6. The van der Waals surface area contributed by atoms with Crippen LogP contribution in [0.1, 0.15) is 46.1 Å². The fraction of sp³-hybridized carbons (Fsp3) is 0.278. The summed E-state index contributed by atoms with van der Waals surface area (Å²) in [5, 5.41) is 9.38. The lowest BCUT2D eigenvalue weighted by Gasteiger charge is -2.19. The zero-order chi connectivity index (χ0) is 17.1. The van der Waals surface area contributed by atoms with Gasteiger partial charge in [-0.1, -0.05) is 30.3 Å². The average Bonchev–Trinajstić information content (AvgIpc) is 3.21. The largest absolute Gasteiger partial charge is 0.345 e. The number of aryl methyl sites for hydroxylation is 1. The summed E-state index contributed by atoms with van der Waals surface area (Å²) in [5.41, 5.74) is 3.93. The van der Waals surface area contributed by atoms with Crippen molar-refractivity contribution in [2.75, 3.05) is 0 Å². The van der Waals surface area contributed by atoms with Crippen LogP contribution in [0.15, 0.2) is 42.7 Å². The van der Waals surface area contributed by atoms with E-state index in [0.717, 1.165) is 11.4 Å². The van der Waals surface area contributed by atoms with Crippen molar-refractivity contribution in [3.05, 3.63) is 71.1 Å². The maximum atomic E-state index is 12.5. The average molecular weight is 323 g/mol. The molecule has 124 valence electrons. The molecule has 2 aromatic heterocycles. The monoisotopic (exact) mass is 323 g/mol. The topological polar surface area (TPSA) is 75.6 Å². The van der Waals surface area contributed by atoms with E-state index >= 15 is 0 Å². The molecule has 3 aromatic rings. The van der Waals surface area contributed by atoms with E-state index in [4.69, 9.17) is 0 Å². The van der Waals surface area contributed by atoms with E-state index < -0.39 is 0 Å². The Balaban J connectivity index is 1.82. The Morgan fingerprint density at radius 3 is 2.71 bits per heavy atom. The maximum absolute atomic E-state index is 12.5. The smallest absolute Gasteiger partial charge is 0.253 e. The molecule has 24 heavy (non-hydrogen) atoms. The number of nitrogens with zero attached hydrogens (tertiary/aromatic N) is 3. The van der Waals surface area contributed by atoms with Crippen molar-refractivity contribution in [2.45, 2.75) is 33.4 Å². The van der Waals surface area contributed by atoms with Gasteiger partial charge in [0.2, 0.25) is 0 Å². The second-order valence-corrected chi connectivity index (χ2v) is 5.86. The van der Waals surface area contributed by atoms with Crippen molar-refractivity contribution >= 4 is 5.91 Å². The molecule has 6 nitrogen and oxygen atoms in total. The van der Waals surface area contributed by atoms with Crippen LogP contribution in [0, 0.1) is 13.8 Å². The number of nitrogens with one attached hydrogen (secondary N) is 2. The van der Waals surface area contributed by atoms with Crippen LogP contribution in [-0.4, -0.2) is 25.7 Å². The van der Waals surface area contributed by atoms with Gasteiger partial charge < -0.3 is 9.88 Å². The second-order valence-electron chi connectivity index (χ2n) is 5.86. The normalized spacial score (nSPS) is 12.1. The van der Waals surface area contributed by atoms with E-state index in [-0.39, 0.29) is 11.9 Å². The van der Waals surface area contributed by atoms with Gasteiger partial charge in [-0.3, -0.25) is 9.89 Å². The van der Waals surface area contributed by atoms with Crippen molar-refractivity contribution in [2.24, 2.45) is 0 Å². The molecule has 6 heteroatoms. The maximum Gasteiger partial charge on any atom is 0.253 e. The van der Waals surface area contributed by atoms with E-state index in [1.54, 1.807) is 0 Å². The molecule has 1 aromatic carbocycles. The number of carbonyl (C=O) groups excluding carboxylic acids is 1. The second kappa shape index (κ2) is 6.70. The number of hydrogen-bond acceptors (Lipinski definition) is 3. The van der Waals surface area contributed by atoms with E-state index in [0.29, 0.717) is 17.9 Å². The predicted molar refractivity (Wildman–Crippen MR) is 91.7 cm³/mol. The number of carbonyl (C=O) groups is 1. The highest BCUT2D eigenvalue weighted by Gasteiger charge is 2.19. The van der Waals surface area contributed by atoms with Crippen molar-refractivity contribution < 1.29 is 4.79 Å². The Hall–Kier alpha value is -2.89. The first-order valence-corrected chi connectivity index (χ1v) is 7.93. The van der Waals surface area contributed by atoms with Gasteiger partial charge in [-0.25, -0.2) is 4.98 Å². The zero-order valence-corrected chi connectivity index (χ0v) is 14.1. The Kier molecular flexibility index (Phi) is 4.46. The van der Waals surface area contributed by atoms with Gasteiger partial charge >= 0.3 is 0 Å². The molecule has 1 atom stereocenters. The summed E-state index contributed by atoms with van der Waals surface area (Å²) in [4.78, 5) is 16.5. The highest BCUT2D eigenvalue weighted by atomic mass is 16.1.